The quantitative estimate of drug-likeness (QED) is 0.552. The Kier molecular flexibility index (Phi) is 2.85. The molecule has 0 heterocycles. The predicted octanol–water partition coefficient (Wildman–Crippen LogP) is 3.44. The minimum Gasteiger partial charge on any atom is -0.294 e. The maximum Gasteiger partial charge on any atom is 0.162 e. The van der Waals surface area contributed by atoms with E-state index in [1.165, 1.54) is 13.0 Å². The van der Waals surface area contributed by atoms with Gasteiger partial charge in [0.25, 0.3) is 0 Å². The van der Waals surface area contributed by atoms with Gasteiger partial charge in [0, 0.05) is 4.47 Å². The molecule has 0 unspecified atom stereocenters. The molecular weight excluding hydrogens is 246 g/mol. The number of ketones is 1. The summed E-state index contributed by atoms with van der Waals surface area (Å²) >= 11 is 8.69. The van der Waals surface area contributed by atoms with Gasteiger partial charge in [-0.15, -0.1) is 0 Å². The zero-order valence-corrected chi connectivity index (χ0v) is 8.54. The van der Waals surface area contributed by atoms with Crippen LogP contribution in [0.5, 0.6) is 0 Å². The van der Waals surface area contributed by atoms with Gasteiger partial charge in [-0.3, -0.25) is 4.79 Å². The summed E-state index contributed by atoms with van der Waals surface area (Å²) in [5, 5.41) is 0.262. The van der Waals surface area contributed by atoms with Crippen LogP contribution >= 0.6 is 27.5 Å². The minimum absolute atomic E-state index is 0.0475. The van der Waals surface area contributed by atoms with E-state index in [4.69, 9.17) is 11.6 Å². The second kappa shape index (κ2) is 3.54. The van der Waals surface area contributed by atoms with Gasteiger partial charge < -0.3 is 0 Å². The fourth-order valence-electron chi connectivity index (χ4n) is 0.792. The van der Waals surface area contributed by atoms with Crippen molar-refractivity contribution < 1.29 is 9.18 Å². The molecule has 0 radical (unpaired) electrons. The topological polar surface area (TPSA) is 17.1 Å². The van der Waals surface area contributed by atoms with Gasteiger partial charge in [0.05, 0.1) is 10.6 Å². The summed E-state index contributed by atoms with van der Waals surface area (Å²) in [6.45, 7) is 1.30. The van der Waals surface area contributed by atoms with E-state index in [-0.39, 0.29) is 16.4 Å². The fraction of sp³-hybridized carbons (Fsp3) is 0.125. The summed E-state index contributed by atoms with van der Waals surface area (Å²) in [6, 6.07) is 2.49. The first-order chi connectivity index (χ1) is 5.52. The van der Waals surface area contributed by atoms with Crippen molar-refractivity contribution in [2.75, 3.05) is 0 Å². The van der Waals surface area contributed by atoms with Crippen LogP contribution in [0.1, 0.15) is 17.3 Å². The Morgan fingerprint density at radius 2 is 2.17 bits per heavy atom. The van der Waals surface area contributed by atoms with E-state index in [1.807, 2.05) is 0 Å². The van der Waals surface area contributed by atoms with Gasteiger partial charge >= 0.3 is 0 Å². The average Bonchev–Trinajstić information content (AvgIpc) is 1.96. The van der Waals surface area contributed by atoms with Crippen LogP contribution in [-0.2, 0) is 0 Å². The summed E-state index contributed by atoms with van der Waals surface area (Å²) in [7, 11) is 0. The number of Topliss-reactive ketones (excluding diaryl/α,β-unsaturated/α-hetero) is 1. The number of halogens is 3. The van der Waals surface area contributed by atoms with E-state index in [0.717, 1.165) is 6.07 Å². The summed E-state index contributed by atoms with van der Waals surface area (Å²) < 4.78 is 13.5. The van der Waals surface area contributed by atoms with Crippen LogP contribution in [0.4, 0.5) is 4.39 Å². The van der Waals surface area contributed by atoms with E-state index in [2.05, 4.69) is 15.9 Å². The van der Waals surface area contributed by atoms with Crippen LogP contribution in [0.15, 0.2) is 16.6 Å². The van der Waals surface area contributed by atoms with Crippen LogP contribution in [0.25, 0.3) is 0 Å². The lowest BCUT2D eigenvalue weighted by atomic mass is 10.1. The third-order valence-electron chi connectivity index (χ3n) is 1.39. The summed E-state index contributed by atoms with van der Waals surface area (Å²) in [6.07, 6.45) is 0. The number of carbonyl (C=O) groups is 1. The molecule has 0 fully saturated rings. The molecule has 1 nitrogen and oxygen atoms in total. The van der Waals surface area contributed by atoms with Crippen molar-refractivity contribution >= 4 is 33.3 Å². The molecule has 0 atom stereocenters. The number of benzene rings is 1. The molecule has 1 aromatic carbocycles. The highest BCUT2D eigenvalue weighted by molar-refractivity contribution is 9.10. The van der Waals surface area contributed by atoms with Gasteiger partial charge in [-0.25, -0.2) is 4.39 Å². The lowest BCUT2D eigenvalue weighted by Gasteiger charge is -2.00. The molecule has 0 bridgehead atoms. The molecule has 0 aliphatic carbocycles. The third kappa shape index (κ3) is 1.84. The molecule has 0 saturated carbocycles. The number of hydrogen-bond donors (Lipinski definition) is 0. The van der Waals surface area contributed by atoms with Gasteiger partial charge in [0.1, 0.15) is 5.82 Å². The van der Waals surface area contributed by atoms with Gasteiger partial charge in [-0.05, 0) is 35.0 Å². The lowest BCUT2D eigenvalue weighted by molar-refractivity contribution is 0.101. The molecule has 0 saturated heterocycles. The molecule has 0 amide bonds. The highest BCUT2D eigenvalue weighted by Gasteiger charge is 2.09. The molecule has 0 aliphatic heterocycles. The van der Waals surface area contributed by atoms with Crippen LogP contribution in [0.2, 0.25) is 5.02 Å². The molecule has 0 aromatic heterocycles. The third-order valence-corrected chi connectivity index (χ3v) is 2.59. The molecule has 1 rings (SSSR count). The first-order valence-electron chi connectivity index (χ1n) is 3.18. The summed E-state index contributed by atoms with van der Waals surface area (Å²) in [5.74, 6) is -0.902. The summed E-state index contributed by atoms with van der Waals surface area (Å²) in [4.78, 5) is 10.8. The number of rotatable bonds is 1. The monoisotopic (exact) mass is 250 g/mol. The van der Waals surface area contributed by atoms with Gasteiger partial charge in [0.2, 0.25) is 0 Å². The number of carbonyl (C=O) groups excluding carboxylic acids is 1. The van der Waals surface area contributed by atoms with Crippen LogP contribution in [0, 0.1) is 5.82 Å². The van der Waals surface area contributed by atoms with Crippen molar-refractivity contribution in [3.8, 4) is 0 Å². The molecule has 4 heteroatoms. The van der Waals surface area contributed by atoms with Crippen molar-refractivity contribution in [2.24, 2.45) is 0 Å². The van der Waals surface area contributed by atoms with Crippen molar-refractivity contribution in [3.63, 3.8) is 0 Å². The summed E-state index contributed by atoms with van der Waals surface area (Å²) in [5.41, 5.74) is 0.0475. The normalized spacial score (nSPS) is 10.0. The SMILES string of the molecule is CC(=O)c1cc(Br)c(Cl)cc1F. The highest BCUT2D eigenvalue weighted by atomic mass is 79.9. The van der Waals surface area contributed by atoms with Crippen molar-refractivity contribution in [1.82, 2.24) is 0 Å². The Labute approximate surface area is 82.7 Å². The van der Waals surface area contributed by atoms with E-state index in [1.54, 1.807) is 0 Å². The van der Waals surface area contributed by atoms with Gasteiger partial charge in [0.15, 0.2) is 5.78 Å². The highest BCUT2D eigenvalue weighted by Crippen LogP contribution is 2.25. The molecule has 0 spiro atoms. The largest absolute Gasteiger partial charge is 0.294 e. The van der Waals surface area contributed by atoms with E-state index < -0.39 is 5.82 Å². The Morgan fingerprint density at radius 3 is 2.67 bits per heavy atom. The molecule has 0 N–H and O–H groups in total. The Morgan fingerprint density at radius 1 is 1.58 bits per heavy atom. The van der Waals surface area contributed by atoms with Gasteiger partial charge in [-0.1, -0.05) is 11.6 Å². The molecule has 1 aromatic rings. The average molecular weight is 251 g/mol. The Hall–Kier alpha value is -0.410. The Balaban J connectivity index is 3.33. The maximum atomic E-state index is 13.0. The van der Waals surface area contributed by atoms with Crippen molar-refractivity contribution in [1.29, 1.82) is 0 Å². The second-order valence-electron chi connectivity index (χ2n) is 2.30. The fourth-order valence-corrected chi connectivity index (χ4v) is 1.29. The van der Waals surface area contributed by atoms with E-state index in [0.29, 0.717) is 4.47 Å². The lowest BCUT2D eigenvalue weighted by Crippen LogP contribution is -1.96. The zero-order chi connectivity index (χ0) is 9.30. The Bertz CT molecular complexity index is 338. The number of hydrogen-bond acceptors (Lipinski definition) is 1. The van der Waals surface area contributed by atoms with Crippen molar-refractivity contribution in [3.05, 3.63) is 33.0 Å². The smallest absolute Gasteiger partial charge is 0.162 e. The van der Waals surface area contributed by atoms with Crippen LogP contribution in [0.3, 0.4) is 0 Å². The first-order valence-corrected chi connectivity index (χ1v) is 4.35. The van der Waals surface area contributed by atoms with Crippen LogP contribution in [-0.4, -0.2) is 5.78 Å². The van der Waals surface area contributed by atoms with Crippen molar-refractivity contribution in [2.45, 2.75) is 6.92 Å². The molecular formula is C8H5BrClFO. The minimum atomic E-state index is -0.587. The first kappa shape index (κ1) is 9.68. The maximum absolute atomic E-state index is 13.0. The zero-order valence-electron chi connectivity index (χ0n) is 6.20. The molecule has 0 aliphatic rings. The molecule has 12 heavy (non-hydrogen) atoms. The van der Waals surface area contributed by atoms with E-state index >= 15 is 0 Å². The van der Waals surface area contributed by atoms with Gasteiger partial charge in [-0.2, -0.15) is 0 Å². The van der Waals surface area contributed by atoms with E-state index in [9.17, 15) is 9.18 Å². The second-order valence-corrected chi connectivity index (χ2v) is 3.56. The standard InChI is InChI=1S/C8H5BrClFO/c1-4(12)5-2-6(9)7(10)3-8(5)11/h2-3H,1H3. The predicted molar refractivity (Wildman–Crippen MR) is 49.1 cm³/mol. The molecule has 64 valence electrons. The van der Waals surface area contributed by atoms with Crippen LogP contribution < -0.4 is 0 Å².